The first-order chi connectivity index (χ1) is 12.8. The van der Waals surface area contributed by atoms with Crippen LogP contribution in [0.15, 0.2) is 85.6 Å². The summed E-state index contributed by atoms with van der Waals surface area (Å²) < 4.78 is 31.4. The Balaban J connectivity index is 1.87. The zero-order valence-corrected chi connectivity index (χ0v) is 18.3. The van der Waals surface area contributed by atoms with E-state index in [0.29, 0.717) is 8.95 Å². The summed E-state index contributed by atoms with van der Waals surface area (Å²) in [5.41, 5.74) is 2.59. The Morgan fingerprint density at radius 3 is 2.11 bits per heavy atom. The molecule has 0 aliphatic carbocycles. The minimum Gasteiger partial charge on any atom is -0.377 e. The van der Waals surface area contributed by atoms with Gasteiger partial charge < -0.3 is 4.18 Å². The number of rotatable bonds is 5. The van der Waals surface area contributed by atoms with Crippen molar-refractivity contribution in [3.05, 3.63) is 86.8 Å². The van der Waals surface area contributed by atoms with Crippen LogP contribution in [0.1, 0.15) is 11.1 Å². The van der Waals surface area contributed by atoms with Crippen molar-refractivity contribution < 1.29 is 12.6 Å². The largest absolute Gasteiger partial charge is 0.377 e. The van der Waals surface area contributed by atoms with Crippen LogP contribution in [0.4, 0.5) is 5.69 Å². The van der Waals surface area contributed by atoms with E-state index in [2.05, 4.69) is 36.9 Å². The lowest BCUT2D eigenvalue weighted by Crippen LogP contribution is -2.10. The molecule has 0 fully saturated rings. The predicted molar refractivity (Wildman–Crippen MR) is 115 cm³/mol. The number of nitrogens with zero attached hydrogens (tertiary/aromatic N) is 1. The number of aliphatic imine (C=N–C) groups is 1. The molecule has 0 saturated carbocycles. The number of benzene rings is 3. The number of para-hydroxylation sites is 1. The van der Waals surface area contributed by atoms with Crippen LogP contribution in [-0.2, 0) is 10.1 Å². The summed E-state index contributed by atoms with van der Waals surface area (Å²) in [6, 6.07) is 19.5. The molecule has 0 atom stereocenters. The van der Waals surface area contributed by atoms with E-state index in [-0.39, 0.29) is 10.6 Å². The highest BCUT2D eigenvalue weighted by atomic mass is 79.9. The van der Waals surface area contributed by atoms with Crippen LogP contribution < -0.4 is 4.18 Å². The SMILES string of the molecule is Cc1ccc(S(=O)(=O)Oc2c(Br)cc(C=Nc3ccccc3)cc2Br)cc1. The number of hydrogen-bond acceptors (Lipinski definition) is 4. The van der Waals surface area contributed by atoms with E-state index in [1.54, 1.807) is 30.5 Å². The molecule has 0 aliphatic rings. The van der Waals surface area contributed by atoms with E-state index in [4.69, 9.17) is 4.18 Å². The number of hydrogen-bond donors (Lipinski definition) is 0. The van der Waals surface area contributed by atoms with Gasteiger partial charge in [0, 0.05) is 6.21 Å². The van der Waals surface area contributed by atoms with Gasteiger partial charge in [-0.2, -0.15) is 8.42 Å². The zero-order chi connectivity index (χ0) is 19.4. The molecular weight excluding hydrogens is 494 g/mol. The molecule has 0 heterocycles. The molecule has 0 bridgehead atoms. The molecule has 138 valence electrons. The number of aryl methyl sites for hydroxylation is 1. The fourth-order valence-corrected chi connectivity index (χ4v) is 4.82. The van der Waals surface area contributed by atoms with E-state index in [0.717, 1.165) is 16.8 Å². The Hall–Kier alpha value is -1.96. The van der Waals surface area contributed by atoms with Crippen LogP contribution in [0.3, 0.4) is 0 Å². The van der Waals surface area contributed by atoms with Crippen molar-refractivity contribution in [3.63, 3.8) is 0 Å². The Morgan fingerprint density at radius 1 is 0.926 bits per heavy atom. The second-order valence-corrected chi connectivity index (χ2v) is 9.01. The minimum absolute atomic E-state index is 0.0987. The minimum atomic E-state index is -3.94. The van der Waals surface area contributed by atoms with Gasteiger partial charge in [0.25, 0.3) is 0 Å². The van der Waals surface area contributed by atoms with Gasteiger partial charge in [0.15, 0.2) is 5.75 Å². The normalized spacial score (nSPS) is 11.7. The van der Waals surface area contributed by atoms with Crippen molar-refractivity contribution in [3.8, 4) is 5.75 Å². The number of halogens is 2. The molecule has 4 nitrogen and oxygen atoms in total. The standard InChI is InChI=1S/C20H15Br2NO3S/c1-14-7-9-17(10-8-14)27(24,25)26-20-18(21)11-15(12-19(20)22)13-23-16-5-3-2-4-6-16/h2-13H,1H3. The molecule has 0 saturated heterocycles. The maximum Gasteiger partial charge on any atom is 0.339 e. The van der Waals surface area contributed by atoms with Gasteiger partial charge in [0.05, 0.1) is 14.6 Å². The molecule has 3 rings (SSSR count). The maximum atomic E-state index is 12.5. The second-order valence-electron chi connectivity index (χ2n) is 5.76. The van der Waals surface area contributed by atoms with E-state index >= 15 is 0 Å². The van der Waals surface area contributed by atoms with Crippen LogP contribution in [0.2, 0.25) is 0 Å². The molecule has 0 radical (unpaired) electrons. The molecule has 0 unspecified atom stereocenters. The summed E-state index contributed by atoms with van der Waals surface area (Å²) in [5.74, 6) is 0.187. The highest BCUT2D eigenvalue weighted by Gasteiger charge is 2.20. The van der Waals surface area contributed by atoms with Crippen LogP contribution in [0, 0.1) is 6.92 Å². The maximum absolute atomic E-state index is 12.5. The Labute approximate surface area is 175 Å². The topological polar surface area (TPSA) is 55.7 Å². The van der Waals surface area contributed by atoms with Crippen molar-refractivity contribution in [2.75, 3.05) is 0 Å². The van der Waals surface area contributed by atoms with Gasteiger partial charge in [-0.3, -0.25) is 4.99 Å². The van der Waals surface area contributed by atoms with E-state index < -0.39 is 10.1 Å². The van der Waals surface area contributed by atoms with Crippen molar-refractivity contribution in [1.82, 2.24) is 0 Å². The van der Waals surface area contributed by atoms with Crippen LogP contribution >= 0.6 is 31.9 Å². The monoisotopic (exact) mass is 507 g/mol. The van der Waals surface area contributed by atoms with Crippen LogP contribution in [0.5, 0.6) is 5.75 Å². The Kier molecular flexibility index (Phi) is 6.14. The summed E-state index contributed by atoms with van der Waals surface area (Å²) in [5, 5.41) is 0. The van der Waals surface area contributed by atoms with Gasteiger partial charge in [-0.15, -0.1) is 0 Å². The summed E-state index contributed by atoms with van der Waals surface area (Å²) in [6.45, 7) is 1.89. The highest BCUT2D eigenvalue weighted by molar-refractivity contribution is 9.11. The third-order valence-corrected chi connectivity index (χ3v) is 6.06. The third kappa shape index (κ3) is 5.06. The van der Waals surface area contributed by atoms with E-state index in [1.807, 2.05) is 37.3 Å². The van der Waals surface area contributed by atoms with Gasteiger partial charge in [0.1, 0.15) is 4.90 Å². The molecule has 0 aromatic heterocycles. The fraction of sp³-hybridized carbons (Fsp3) is 0.0500. The summed E-state index contributed by atoms with van der Waals surface area (Å²) in [7, 11) is -3.94. The van der Waals surface area contributed by atoms with Crippen LogP contribution in [-0.4, -0.2) is 14.6 Å². The molecule has 0 amide bonds. The first-order valence-electron chi connectivity index (χ1n) is 7.94. The Morgan fingerprint density at radius 2 is 1.52 bits per heavy atom. The molecule has 0 aliphatic heterocycles. The van der Waals surface area contributed by atoms with E-state index in [9.17, 15) is 8.42 Å². The zero-order valence-electron chi connectivity index (χ0n) is 14.3. The highest BCUT2D eigenvalue weighted by Crippen LogP contribution is 2.36. The molecule has 3 aromatic carbocycles. The second kappa shape index (κ2) is 8.37. The van der Waals surface area contributed by atoms with Crippen molar-refractivity contribution in [2.24, 2.45) is 4.99 Å². The molecule has 27 heavy (non-hydrogen) atoms. The van der Waals surface area contributed by atoms with Crippen molar-refractivity contribution in [1.29, 1.82) is 0 Å². The summed E-state index contributed by atoms with van der Waals surface area (Å²) in [4.78, 5) is 4.49. The average Bonchev–Trinajstić information content (AvgIpc) is 2.64. The Bertz CT molecular complexity index is 1060. The van der Waals surface area contributed by atoms with Gasteiger partial charge in [-0.25, -0.2) is 0 Å². The van der Waals surface area contributed by atoms with Gasteiger partial charge in [-0.05, 0) is 80.7 Å². The molecular formula is C20H15Br2NO3S. The first-order valence-corrected chi connectivity index (χ1v) is 10.9. The summed E-state index contributed by atoms with van der Waals surface area (Å²) >= 11 is 6.76. The third-order valence-electron chi connectivity index (χ3n) is 3.64. The van der Waals surface area contributed by atoms with Gasteiger partial charge in [-0.1, -0.05) is 35.9 Å². The first kappa shape index (κ1) is 19.8. The lowest BCUT2D eigenvalue weighted by Gasteiger charge is -2.11. The quantitative estimate of drug-likeness (QED) is 0.312. The average molecular weight is 509 g/mol. The predicted octanol–water partition coefficient (Wildman–Crippen LogP) is 6.04. The van der Waals surface area contributed by atoms with Crippen molar-refractivity contribution >= 4 is 53.9 Å². The molecule has 0 spiro atoms. The smallest absolute Gasteiger partial charge is 0.339 e. The lowest BCUT2D eigenvalue weighted by molar-refractivity contribution is 0.483. The summed E-state index contributed by atoms with van der Waals surface area (Å²) in [6.07, 6.45) is 1.70. The van der Waals surface area contributed by atoms with Crippen LogP contribution in [0.25, 0.3) is 0 Å². The van der Waals surface area contributed by atoms with E-state index in [1.165, 1.54) is 12.1 Å². The molecule has 7 heteroatoms. The van der Waals surface area contributed by atoms with Gasteiger partial charge >= 0.3 is 10.1 Å². The molecule has 3 aromatic rings. The van der Waals surface area contributed by atoms with Crippen molar-refractivity contribution in [2.45, 2.75) is 11.8 Å². The fourth-order valence-electron chi connectivity index (χ4n) is 2.26. The van der Waals surface area contributed by atoms with Gasteiger partial charge in [0.2, 0.25) is 0 Å². The lowest BCUT2D eigenvalue weighted by atomic mass is 10.2. The molecule has 0 N–H and O–H groups in total.